The molecule has 33 heavy (non-hydrogen) atoms. The predicted octanol–water partition coefficient (Wildman–Crippen LogP) is 2.50. The number of hydrogen-bond acceptors (Lipinski definition) is 6. The quantitative estimate of drug-likeness (QED) is 0.487. The van der Waals surface area contributed by atoms with Crippen molar-refractivity contribution in [3.8, 4) is 0 Å². The highest BCUT2D eigenvalue weighted by molar-refractivity contribution is 7.18. The Morgan fingerprint density at radius 2 is 2.00 bits per heavy atom. The van der Waals surface area contributed by atoms with Crippen LogP contribution in [0.1, 0.15) is 9.67 Å². The van der Waals surface area contributed by atoms with Crippen LogP contribution in [0.3, 0.4) is 0 Å². The average Bonchev–Trinajstić information content (AvgIpc) is 3.20. The van der Waals surface area contributed by atoms with Gasteiger partial charge in [0.1, 0.15) is 18.5 Å². The van der Waals surface area contributed by atoms with Crippen LogP contribution in [0.25, 0.3) is 0 Å². The van der Waals surface area contributed by atoms with Gasteiger partial charge in [0, 0.05) is 18.8 Å². The van der Waals surface area contributed by atoms with Gasteiger partial charge in [-0.2, -0.15) is 0 Å². The lowest BCUT2D eigenvalue weighted by Crippen LogP contribution is -2.49. The summed E-state index contributed by atoms with van der Waals surface area (Å²) >= 11 is 6.82. The maximum atomic E-state index is 14.6. The Bertz CT molecular complexity index is 1020. The molecule has 2 aromatic rings. The molecule has 3 rings (SSSR count). The molecule has 2 heterocycles. The number of nitrogens with one attached hydrogen (secondary N) is 3. The summed E-state index contributed by atoms with van der Waals surface area (Å²) in [5, 5.41) is 7.29. The fourth-order valence-corrected chi connectivity index (χ4v) is 3.97. The fraction of sp³-hybridized carbons (Fsp3) is 0.350. The van der Waals surface area contributed by atoms with E-state index in [1.807, 2.05) is 0 Å². The predicted molar refractivity (Wildman–Crippen MR) is 118 cm³/mol. The molecule has 3 N–H and O–H groups in total. The van der Waals surface area contributed by atoms with E-state index in [1.54, 1.807) is 0 Å². The molecule has 1 fully saturated rings. The Morgan fingerprint density at radius 1 is 1.21 bits per heavy atom. The second-order valence-electron chi connectivity index (χ2n) is 6.92. The topological polar surface area (TPSA) is 99.8 Å². The number of ether oxygens (including phenoxy) is 1. The van der Waals surface area contributed by atoms with Gasteiger partial charge in [-0.15, -0.1) is 11.3 Å². The standard InChI is InChI=1S/C20H20ClF3N4O4S/c21-16-4-3-15(33-16)20(31)26-8-13(25-9-17(23)24)19(30)27-11-1-2-14(12(22)7-11)28-5-6-32-10-18(28)29/h1-4,7,13,17,25H,5-6,8-10H2,(H,26,31)(H,27,30)/t13-/m0/s1. The smallest absolute Gasteiger partial charge is 0.261 e. The maximum absolute atomic E-state index is 14.6. The van der Waals surface area contributed by atoms with Crippen molar-refractivity contribution in [3.63, 3.8) is 0 Å². The fourth-order valence-electron chi connectivity index (χ4n) is 3.01. The summed E-state index contributed by atoms with van der Waals surface area (Å²) in [6, 6.07) is 5.54. The summed E-state index contributed by atoms with van der Waals surface area (Å²) in [4.78, 5) is 38.3. The van der Waals surface area contributed by atoms with Gasteiger partial charge >= 0.3 is 0 Å². The van der Waals surface area contributed by atoms with E-state index in [9.17, 15) is 27.6 Å². The third-order valence-electron chi connectivity index (χ3n) is 4.59. The molecule has 0 spiro atoms. The Hall–Kier alpha value is -2.67. The van der Waals surface area contributed by atoms with E-state index in [0.29, 0.717) is 9.21 Å². The van der Waals surface area contributed by atoms with Gasteiger partial charge in [-0.05, 0) is 30.3 Å². The van der Waals surface area contributed by atoms with E-state index in [4.69, 9.17) is 16.3 Å². The SMILES string of the molecule is O=C(NC[C@H](NCC(F)F)C(=O)Nc1ccc(N2CCOCC2=O)c(F)c1)c1ccc(Cl)s1. The average molecular weight is 505 g/mol. The summed E-state index contributed by atoms with van der Waals surface area (Å²) in [6.07, 6.45) is -2.73. The van der Waals surface area contributed by atoms with Crippen LogP contribution < -0.4 is 20.9 Å². The molecular weight excluding hydrogens is 485 g/mol. The van der Waals surface area contributed by atoms with Gasteiger partial charge < -0.3 is 20.3 Å². The zero-order valence-electron chi connectivity index (χ0n) is 17.1. The first-order valence-electron chi connectivity index (χ1n) is 9.78. The number of thiophene rings is 1. The van der Waals surface area contributed by atoms with Crippen molar-refractivity contribution in [3.05, 3.63) is 45.4 Å². The number of anilines is 2. The highest BCUT2D eigenvalue weighted by Crippen LogP contribution is 2.24. The molecule has 1 aliphatic heterocycles. The zero-order chi connectivity index (χ0) is 24.0. The van der Waals surface area contributed by atoms with Crippen LogP contribution in [-0.4, -0.2) is 63.0 Å². The number of nitrogens with zero attached hydrogens (tertiary/aromatic N) is 1. The highest BCUT2D eigenvalue weighted by atomic mass is 35.5. The van der Waals surface area contributed by atoms with Crippen LogP contribution in [0, 0.1) is 5.82 Å². The molecule has 0 saturated carbocycles. The van der Waals surface area contributed by atoms with Crippen LogP contribution in [0.4, 0.5) is 24.5 Å². The normalized spacial score (nSPS) is 14.9. The molecular formula is C20H20ClF3N4O4S. The molecule has 178 valence electrons. The van der Waals surface area contributed by atoms with Gasteiger partial charge in [0.25, 0.3) is 18.2 Å². The van der Waals surface area contributed by atoms with Crippen molar-refractivity contribution >= 4 is 52.0 Å². The first-order chi connectivity index (χ1) is 15.7. The Kier molecular flexibility index (Phi) is 8.67. The molecule has 0 radical (unpaired) electrons. The van der Waals surface area contributed by atoms with E-state index in [2.05, 4.69) is 16.0 Å². The first kappa shape index (κ1) is 25.0. The summed E-state index contributed by atoms with van der Waals surface area (Å²) < 4.78 is 45.4. The molecule has 1 atom stereocenters. The minimum Gasteiger partial charge on any atom is -0.370 e. The minimum absolute atomic E-state index is 0.0375. The van der Waals surface area contributed by atoms with Crippen LogP contribution in [0.5, 0.6) is 0 Å². The minimum atomic E-state index is -2.73. The van der Waals surface area contributed by atoms with Gasteiger partial charge in [0.05, 0.1) is 28.1 Å². The number of benzene rings is 1. The van der Waals surface area contributed by atoms with Gasteiger partial charge in [-0.3, -0.25) is 19.7 Å². The molecule has 1 aromatic heterocycles. The number of alkyl halides is 2. The molecule has 1 aliphatic rings. The molecule has 0 unspecified atom stereocenters. The Balaban J connectivity index is 1.65. The number of morpholine rings is 1. The van der Waals surface area contributed by atoms with E-state index in [1.165, 1.54) is 29.2 Å². The molecule has 0 bridgehead atoms. The summed E-state index contributed by atoms with van der Waals surface area (Å²) in [5.74, 6) is -2.41. The molecule has 1 aromatic carbocycles. The summed E-state index contributed by atoms with van der Waals surface area (Å²) in [6.45, 7) is -0.777. The van der Waals surface area contributed by atoms with Crippen molar-refractivity contribution in [1.29, 1.82) is 0 Å². The number of amides is 3. The van der Waals surface area contributed by atoms with Crippen molar-refractivity contribution < 1.29 is 32.3 Å². The summed E-state index contributed by atoms with van der Waals surface area (Å²) in [7, 11) is 0. The van der Waals surface area contributed by atoms with E-state index < -0.39 is 42.6 Å². The number of carbonyl (C=O) groups excluding carboxylic acids is 3. The van der Waals surface area contributed by atoms with Gasteiger partial charge in [0.15, 0.2) is 0 Å². The van der Waals surface area contributed by atoms with Gasteiger partial charge in [-0.1, -0.05) is 11.6 Å². The molecule has 13 heteroatoms. The third kappa shape index (κ3) is 6.90. The van der Waals surface area contributed by atoms with Gasteiger partial charge in [-0.25, -0.2) is 13.2 Å². The van der Waals surface area contributed by atoms with Crippen LogP contribution >= 0.6 is 22.9 Å². The first-order valence-corrected chi connectivity index (χ1v) is 11.0. The monoisotopic (exact) mass is 504 g/mol. The Morgan fingerprint density at radius 3 is 2.64 bits per heavy atom. The van der Waals surface area contributed by atoms with Crippen LogP contribution in [0.15, 0.2) is 30.3 Å². The van der Waals surface area contributed by atoms with E-state index in [-0.39, 0.29) is 37.7 Å². The maximum Gasteiger partial charge on any atom is 0.261 e. The van der Waals surface area contributed by atoms with Crippen molar-refractivity contribution in [2.24, 2.45) is 0 Å². The number of hydrogen-bond donors (Lipinski definition) is 3. The second-order valence-corrected chi connectivity index (χ2v) is 8.63. The highest BCUT2D eigenvalue weighted by Gasteiger charge is 2.24. The molecule has 3 amide bonds. The number of carbonyl (C=O) groups is 3. The van der Waals surface area contributed by atoms with Crippen molar-refractivity contribution in [2.75, 3.05) is 43.1 Å². The summed E-state index contributed by atoms with van der Waals surface area (Å²) in [5.41, 5.74) is 0.0951. The molecule has 1 saturated heterocycles. The molecule has 0 aliphatic carbocycles. The van der Waals surface area contributed by atoms with E-state index >= 15 is 0 Å². The lowest BCUT2D eigenvalue weighted by Gasteiger charge is -2.27. The van der Waals surface area contributed by atoms with E-state index in [0.717, 1.165) is 17.4 Å². The zero-order valence-corrected chi connectivity index (χ0v) is 18.6. The van der Waals surface area contributed by atoms with Crippen molar-refractivity contribution in [2.45, 2.75) is 12.5 Å². The largest absolute Gasteiger partial charge is 0.370 e. The lowest BCUT2D eigenvalue weighted by atomic mass is 10.2. The third-order valence-corrected chi connectivity index (χ3v) is 5.82. The number of rotatable bonds is 9. The molecule has 8 nitrogen and oxygen atoms in total. The lowest BCUT2D eigenvalue weighted by molar-refractivity contribution is -0.125. The number of halogens is 4. The van der Waals surface area contributed by atoms with Gasteiger partial charge in [0.2, 0.25) is 5.91 Å². The van der Waals surface area contributed by atoms with Crippen LogP contribution in [0.2, 0.25) is 4.34 Å². The Labute approximate surface area is 196 Å². The van der Waals surface area contributed by atoms with Crippen molar-refractivity contribution in [1.82, 2.24) is 10.6 Å². The second kappa shape index (κ2) is 11.5. The van der Waals surface area contributed by atoms with Crippen LogP contribution in [-0.2, 0) is 14.3 Å².